The summed E-state index contributed by atoms with van der Waals surface area (Å²) in [4.78, 5) is 0. The fourth-order valence-electron chi connectivity index (χ4n) is 1.61. The van der Waals surface area contributed by atoms with Crippen LogP contribution in [0.25, 0.3) is 10.1 Å². The Bertz CT molecular complexity index is 462. The Kier molecular flexibility index (Phi) is 2.79. The Morgan fingerprint density at radius 1 is 1.36 bits per heavy atom. The van der Waals surface area contributed by atoms with Crippen molar-refractivity contribution in [1.29, 1.82) is 0 Å². The van der Waals surface area contributed by atoms with Crippen LogP contribution in [0.15, 0.2) is 18.2 Å². The van der Waals surface area contributed by atoms with Gasteiger partial charge in [-0.05, 0) is 35.1 Å². The van der Waals surface area contributed by atoms with Crippen LogP contribution in [-0.4, -0.2) is 0 Å². The number of alkyl halides is 1. The first-order valence-electron chi connectivity index (χ1n) is 4.61. The number of hydrogen-bond donors (Lipinski definition) is 1. The lowest BCUT2D eigenvalue weighted by atomic mass is 10.1. The van der Waals surface area contributed by atoms with Crippen LogP contribution in [0.2, 0.25) is 0 Å². The molecule has 74 valence electrons. The summed E-state index contributed by atoms with van der Waals surface area (Å²) in [7, 11) is 0. The van der Waals surface area contributed by atoms with Crippen molar-refractivity contribution in [3.63, 3.8) is 0 Å². The van der Waals surface area contributed by atoms with Crippen molar-refractivity contribution in [3.05, 3.63) is 29.3 Å². The van der Waals surface area contributed by atoms with Crippen molar-refractivity contribution in [2.75, 3.05) is 5.73 Å². The topological polar surface area (TPSA) is 26.0 Å². The van der Waals surface area contributed by atoms with E-state index in [1.165, 1.54) is 21.2 Å². The molecule has 0 aliphatic carbocycles. The van der Waals surface area contributed by atoms with Crippen LogP contribution in [0.4, 0.5) is 5.00 Å². The minimum Gasteiger partial charge on any atom is -0.391 e. The molecule has 1 nitrogen and oxygen atoms in total. The highest BCUT2D eigenvalue weighted by molar-refractivity contribution is 9.08. The molecule has 0 saturated heterocycles. The van der Waals surface area contributed by atoms with Crippen LogP contribution in [-0.2, 0) is 11.8 Å². The molecule has 0 fully saturated rings. The van der Waals surface area contributed by atoms with Crippen LogP contribution in [0.3, 0.4) is 0 Å². The highest BCUT2D eigenvalue weighted by atomic mass is 79.9. The molecule has 14 heavy (non-hydrogen) atoms. The third-order valence-electron chi connectivity index (χ3n) is 2.35. The first kappa shape index (κ1) is 9.99. The Morgan fingerprint density at radius 3 is 2.79 bits per heavy atom. The number of anilines is 1. The molecule has 1 aromatic heterocycles. The lowest BCUT2D eigenvalue weighted by Gasteiger charge is -2.02. The van der Waals surface area contributed by atoms with Crippen LogP contribution >= 0.6 is 27.3 Å². The number of nitrogen functional groups attached to an aromatic ring is 1. The maximum Gasteiger partial charge on any atom is 0.0868 e. The van der Waals surface area contributed by atoms with E-state index in [-0.39, 0.29) is 0 Å². The smallest absolute Gasteiger partial charge is 0.0868 e. The maximum atomic E-state index is 5.81. The maximum absolute atomic E-state index is 5.81. The summed E-state index contributed by atoms with van der Waals surface area (Å²) < 4.78 is 1.30. The number of halogens is 1. The van der Waals surface area contributed by atoms with Gasteiger partial charge in [0.15, 0.2) is 0 Å². The van der Waals surface area contributed by atoms with Crippen LogP contribution < -0.4 is 5.73 Å². The number of hydrogen-bond acceptors (Lipinski definition) is 2. The molecule has 1 aromatic carbocycles. The molecule has 3 heteroatoms. The van der Waals surface area contributed by atoms with Gasteiger partial charge >= 0.3 is 0 Å². The first-order valence-corrected chi connectivity index (χ1v) is 6.55. The Labute approximate surface area is 96.1 Å². The fraction of sp³-hybridized carbons (Fsp3) is 0.273. The van der Waals surface area contributed by atoms with E-state index in [4.69, 9.17) is 5.73 Å². The molecule has 0 aliphatic rings. The summed E-state index contributed by atoms with van der Waals surface area (Å²) >= 11 is 5.18. The molecule has 2 N–H and O–H groups in total. The average Bonchev–Trinajstić information content (AvgIpc) is 2.56. The van der Waals surface area contributed by atoms with E-state index in [1.54, 1.807) is 11.3 Å². The molecule has 0 radical (unpaired) electrons. The van der Waals surface area contributed by atoms with E-state index in [1.807, 2.05) is 0 Å². The standard InChI is InChI=1S/C11H12BrNS/c1-2-7-3-8(6-12)9-5-11(13)14-10(9)4-7/h3-5H,2,6,13H2,1H3. The van der Waals surface area contributed by atoms with Gasteiger partial charge in [0, 0.05) is 10.0 Å². The van der Waals surface area contributed by atoms with E-state index in [0.717, 1.165) is 16.8 Å². The van der Waals surface area contributed by atoms with E-state index in [0.29, 0.717) is 0 Å². The number of rotatable bonds is 2. The van der Waals surface area contributed by atoms with Crippen molar-refractivity contribution in [2.45, 2.75) is 18.7 Å². The molecule has 0 aliphatic heterocycles. The van der Waals surface area contributed by atoms with Crippen LogP contribution in [0.1, 0.15) is 18.1 Å². The Hall–Kier alpha value is -0.540. The van der Waals surface area contributed by atoms with Crippen molar-refractivity contribution >= 4 is 42.4 Å². The molecule has 0 saturated carbocycles. The monoisotopic (exact) mass is 269 g/mol. The number of benzene rings is 1. The highest BCUT2D eigenvalue weighted by Gasteiger charge is 2.05. The van der Waals surface area contributed by atoms with Crippen molar-refractivity contribution in [1.82, 2.24) is 0 Å². The summed E-state index contributed by atoms with van der Waals surface area (Å²) in [6.45, 7) is 2.18. The zero-order valence-electron chi connectivity index (χ0n) is 8.01. The average molecular weight is 270 g/mol. The molecular formula is C11H12BrNS. The van der Waals surface area contributed by atoms with Crippen molar-refractivity contribution < 1.29 is 0 Å². The molecule has 0 spiro atoms. The summed E-state index contributed by atoms with van der Waals surface area (Å²) in [6, 6.07) is 6.56. The van der Waals surface area contributed by atoms with E-state index < -0.39 is 0 Å². The number of fused-ring (bicyclic) bond motifs is 1. The zero-order valence-corrected chi connectivity index (χ0v) is 10.4. The van der Waals surface area contributed by atoms with Gasteiger partial charge in [0.1, 0.15) is 0 Å². The highest BCUT2D eigenvalue weighted by Crippen LogP contribution is 2.32. The third kappa shape index (κ3) is 1.66. The molecule has 0 bridgehead atoms. The molecule has 1 heterocycles. The quantitative estimate of drug-likeness (QED) is 0.822. The zero-order chi connectivity index (χ0) is 10.1. The van der Waals surface area contributed by atoms with E-state index in [2.05, 4.69) is 41.1 Å². The minimum absolute atomic E-state index is 0.896. The van der Waals surface area contributed by atoms with Crippen LogP contribution in [0.5, 0.6) is 0 Å². The van der Waals surface area contributed by atoms with Crippen LogP contribution in [0, 0.1) is 0 Å². The molecule has 2 aromatic rings. The van der Waals surface area contributed by atoms with Gasteiger partial charge in [-0.2, -0.15) is 0 Å². The van der Waals surface area contributed by atoms with Gasteiger partial charge in [0.25, 0.3) is 0 Å². The summed E-state index contributed by atoms with van der Waals surface area (Å²) in [5.41, 5.74) is 8.53. The van der Waals surface area contributed by atoms with Crippen molar-refractivity contribution in [3.8, 4) is 0 Å². The second-order valence-electron chi connectivity index (χ2n) is 3.30. The molecule has 0 unspecified atom stereocenters. The number of nitrogens with two attached hydrogens (primary N) is 1. The van der Waals surface area contributed by atoms with Gasteiger partial charge in [-0.3, -0.25) is 0 Å². The summed E-state index contributed by atoms with van der Waals surface area (Å²) in [5.74, 6) is 0. The van der Waals surface area contributed by atoms with Gasteiger partial charge in [0.05, 0.1) is 5.00 Å². The summed E-state index contributed by atoms with van der Waals surface area (Å²) in [5, 5.41) is 3.09. The SMILES string of the molecule is CCc1cc(CBr)c2cc(N)sc2c1. The lowest BCUT2D eigenvalue weighted by Crippen LogP contribution is -1.84. The third-order valence-corrected chi connectivity index (χ3v) is 3.87. The van der Waals surface area contributed by atoms with E-state index >= 15 is 0 Å². The fourth-order valence-corrected chi connectivity index (χ4v) is 3.01. The first-order chi connectivity index (χ1) is 6.74. The summed E-state index contributed by atoms with van der Waals surface area (Å²) in [6.07, 6.45) is 1.08. The molecule has 2 rings (SSSR count). The number of aryl methyl sites for hydroxylation is 1. The van der Waals surface area contributed by atoms with Gasteiger partial charge < -0.3 is 5.73 Å². The molecular weight excluding hydrogens is 258 g/mol. The van der Waals surface area contributed by atoms with Gasteiger partial charge in [-0.25, -0.2) is 0 Å². The van der Waals surface area contributed by atoms with Gasteiger partial charge in [-0.1, -0.05) is 28.9 Å². The minimum atomic E-state index is 0.896. The van der Waals surface area contributed by atoms with Gasteiger partial charge in [-0.15, -0.1) is 11.3 Å². The number of thiophene rings is 1. The largest absolute Gasteiger partial charge is 0.391 e. The second-order valence-corrected chi connectivity index (χ2v) is 4.98. The van der Waals surface area contributed by atoms with E-state index in [9.17, 15) is 0 Å². The molecule has 0 atom stereocenters. The second kappa shape index (κ2) is 3.91. The van der Waals surface area contributed by atoms with Crippen molar-refractivity contribution in [2.24, 2.45) is 0 Å². The Morgan fingerprint density at radius 2 is 2.14 bits per heavy atom. The normalized spacial score (nSPS) is 11.0. The Balaban J connectivity index is 2.72. The molecule has 0 amide bonds. The lowest BCUT2D eigenvalue weighted by molar-refractivity contribution is 1.14. The predicted octanol–water partition coefficient (Wildman–Crippen LogP) is 3.94. The van der Waals surface area contributed by atoms with Gasteiger partial charge in [0.2, 0.25) is 0 Å². The predicted molar refractivity (Wildman–Crippen MR) is 68.2 cm³/mol.